The minimum atomic E-state index is 1.12. The zero-order valence-electron chi connectivity index (χ0n) is 13.3. The second-order valence-corrected chi connectivity index (χ2v) is 5.79. The quantitative estimate of drug-likeness (QED) is 0.474. The number of aromatic nitrogens is 1. The highest BCUT2D eigenvalue weighted by atomic mass is 14.7. The molecule has 3 aromatic carbocycles. The fourth-order valence-corrected chi connectivity index (χ4v) is 2.91. The second-order valence-electron chi connectivity index (χ2n) is 5.79. The molecule has 0 spiro atoms. The van der Waals surface area contributed by atoms with Gasteiger partial charge in [0.25, 0.3) is 0 Å². The van der Waals surface area contributed by atoms with Gasteiger partial charge in [0.05, 0.1) is 0 Å². The van der Waals surface area contributed by atoms with Crippen LogP contribution >= 0.6 is 0 Å². The Balaban J connectivity index is 1.92. The highest BCUT2D eigenvalue weighted by Crippen LogP contribution is 2.27. The number of hydrogen-bond acceptors (Lipinski definition) is 0. The van der Waals surface area contributed by atoms with Crippen LogP contribution in [0.1, 0.15) is 0 Å². The largest absolute Gasteiger partial charge is 0.211 e. The first-order valence-corrected chi connectivity index (χ1v) is 8.14. The van der Waals surface area contributed by atoms with Crippen LogP contribution in [0.2, 0.25) is 0 Å². The molecule has 0 aliphatic rings. The van der Waals surface area contributed by atoms with Crippen molar-refractivity contribution >= 4 is 0 Å². The fourth-order valence-electron chi connectivity index (χ4n) is 2.91. The van der Waals surface area contributed by atoms with Gasteiger partial charge in [-0.2, -0.15) is 0 Å². The van der Waals surface area contributed by atoms with Crippen LogP contribution < -0.4 is 4.98 Å². The Hall–Kier alpha value is -3.19. The van der Waals surface area contributed by atoms with E-state index < -0.39 is 0 Å². The van der Waals surface area contributed by atoms with Crippen LogP contribution in [-0.4, -0.2) is 0 Å². The summed E-state index contributed by atoms with van der Waals surface area (Å²) in [6, 6.07) is 35.9. The van der Waals surface area contributed by atoms with Crippen LogP contribution in [0.5, 0.6) is 0 Å². The molecule has 4 aromatic rings. The summed E-state index contributed by atoms with van der Waals surface area (Å²) in [7, 11) is 0. The predicted octanol–water partition coefficient (Wildman–Crippen LogP) is 5.50. The zero-order chi connectivity index (χ0) is 16.2. The number of H-pyrrole nitrogens is 1. The monoisotopic (exact) mass is 308 g/mol. The van der Waals surface area contributed by atoms with Crippen molar-refractivity contribution in [2.75, 3.05) is 0 Å². The maximum absolute atomic E-state index is 3.59. The molecule has 114 valence electrons. The molecule has 1 heteroatoms. The van der Waals surface area contributed by atoms with Gasteiger partial charge in [0.1, 0.15) is 0 Å². The lowest BCUT2D eigenvalue weighted by atomic mass is 10.00. The van der Waals surface area contributed by atoms with Gasteiger partial charge < -0.3 is 0 Å². The summed E-state index contributed by atoms with van der Waals surface area (Å²) in [5.74, 6) is 0. The molecule has 0 saturated carbocycles. The number of nitrogens with one attached hydrogen (secondary N) is 1. The zero-order valence-corrected chi connectivity index (χ0v) is 13.3. The van der Waals surface area contributed by atoms with Gasteiger partial charge in [-0.15, -0.1) is 0 Å². The molecular formula is C23H18N+. The lowest BCUT2D eigenvalue weighted by Gasteiger charge is -2.05. The Labute approximate surface area is 142 Å². The van der Waals surface area contributed by atoms with Crippen molar-refractivity contribution in [2.24, 2.45) is 0 Å². The summed E-state index contributed by atoms with van der Waals surface area (Å²) < 4.78 is 0. The minimum absolute atomic E-state index is 1.12. The highest BCUT2D eigenvalue weighted by Gasteiger charge is 2.14. The van der Waals surface area contributed by atoms with Crippen molar-refractivity contribution in [3.63, 3.8) is 0 Å². The Morgan fingerprint density at radius 1 is 0.375 bits per heavy atom. The normalized spacial score (nSPS) is 10.5. The first kappa shape index (κ1) is 14.4. The average molecular weight is 308 g/mol. The molecule has 1 N–H and O–H groups in total. The van der Waals surface area contributed by atoms with E-state index in [4.69, 9.17) is 0 Å². The molecular weight excluding hydrogens is 290 g/mol. The summed E-state index contributed by atoms with van der Waals surface area (Å²) in [5.41, 5.74) is 7.06. The summed E-state index contributed by atoms with van der Waals surface area (Å²) >= 11 is 0. The summed E-state index contributed by atoms with van der Waals surface area (Å²) in [4.78, 5) is 3.59. The number of rotatable bonds is 3. The predicted molar refractivity (Wildman–Crippen MR) is 99.3 cm³/mol. The third-order valence-electron chi connectivity index (χ3n) is 4.15. The van der Waals surface area contributed by atoms with Gasteiger partial charge in [-0.1, -0.05) is 66.7 Å². The van der Waals surface area contributed by atoms with Crippen molar-refractivity contribution in [1.29, 1.82) is 0 Å². The van der Waals surface area contributed by atoms with Gasteiger partial charge in [-0.3, -0.25) is 0 Å². The van der Waals surface area contributed by atoms with Crippen molar-refractivity contribution in [2.45, 2.75) is 0 Å². The molecule has 1 heterocycles. The first-order chi connectivity index (χ1) is 11.9. The van der Waals surface area contributed by atoms with Gasteiger partial charge in [-0.05, 0) is 35.4 Å². The van der Waals surface area contributed by atoms with Crippen LogP contribution in [0.15, 0.2) is 103 Å². The van der Waals surface area contributed by atoms with E-state index in [9.17, 15) is 0 Å². The average Bonchev–Trinajstić information content (AvgIpc) is 2.70. The molecule has 4 rings (SSSR count). The standard InChI is InChI=1S/C23H17N/c1-4-10-18(11-5-1)21-16-22(19-12-6-2-7-13-19)24-23(17-21)20-14-8-3-9-15-20/h1-17H/p+1. The van der Waals surface area contributed by atoms with Crippen LogP contribution in [0.3, 0.4) is 0 Å². The summed E-state index contributed by atoms with van der Waals surface area (Å²) in [6.45, 7) is 0. The third kappa shape index (κ3) is 2.97. The van der Waals surface area contributed by atoms with Crippen molar-refractivity contribution in [3.8, 4) is 33.6 Å². The van der Waals surface area contributed by atoms with E-state index in [1.807, 2.05) is 12.1 Å². The molecule has 24 heavy (non-hydrogen) atoms. The van der Waals surface area contributed by atoms with Gasteiger partial charge in [0, 0.05) is 23.3 Å². The molecule has 0 fully saturated rings. The molecule has 1 nitrogen and oxygen atoms in total. The van der Waals surface area contributed by atoms with Crippen LogP contribution in [-0.2, 0) is 0 Å². The number of benzene rings is 3. The van der Waals surface area contributed by atoms with E-state index in [0.717, 1.165) is 11.4 Å². The highest BCUT2D eigenvalue weighted by molar-refractivity contribution is 5.73. The van der Waals surface area contributed by atoms with Crippen molar-refractivity contribution < 1.29 is 4.98 Å². The van der Waals surface area contributed by atoms with Gasteiger partial charge in [-0.25, -0.2) is 4.98 Å². The SMILES string of the molecule is c1ccc(-c2cc(-c3ccccc3)[nH+]c(-c3ccccc3)c2)cc1. The molecule has 0 radical (unpaired) electrons. The van der Waals surface area contributed by atoms with E-state index in [1.165, 1.54) is 22.3 Å². The van der Waals surface area contributed by atoms with E-state index in [2.05, 4.69) is 96.0 Å². The molecule has 0 unspecified atom stereocenters. The van der Waals surface area contributed by atoms with Crippen LogP contribution in [0, 0.1) is 0 Å². The Bertz CT molecular complexity index is 790. The second kappa shape index (κ2) is 6.51. The maximum Gasteiger partial charge on any atom is 0.211 e. The Morgan fingerprint density at radius 2 is 0.750 bits per heavy atom. The molecule has 0 bridgehead atoms. The molecule has 0 saturated heterocycles. The smallest absolute Gasteiger partial charge is 0.204 e. The van der Waals surface area contributed by atoms with E-state index in [1.54, 1.807) is 0 Å². The lowest BCUT2D eigenvalue weighted by Crippen LogP contribution is -2.11. The van der Waals surface area contributed by atoms with Crippen molar-refractivity contribution in [3.05, 3.63) is 103 Å². The lowest BCUT2D eigenvalue weighted by molar-refractivity contribution is -0.351. The van der Waals surface area contributed by atoms with Gasteiger partial charge >= 0.3 is 0 Å². The number of aromatic amines is 1. The van der Waals surface area contributed by atoms with E-state index in [0.29, 0.717) is 0 Å². The molecule has 0 aliphatic carbocycles. The van der Waals surface area contributed by atoms with Crippen LogP contribution in [0.4, 0.5) is 0 Å². The Morgan fingerprint density at radius 3 is 1.17 bits per heavy atom. The third-order valence-corrected chi connectivity index (χ3v) is 4.15. The van der Waals surface area contributed by atoms with E-state index >= 15 is 0 Å². The van der Waals surface area contributed by atoms with Crippen LogP contribution in [0.25, 0.3) is 33.6 Å². The maximum atomic E-state index is 3.59. The van der Waals surface area contributed by atoms with Gasteiger partial charge in [0.2, 0.25) is 11.4 Å². The van der Waals surface area contributed by atoms with Crippen molar-refractivity contribution in [1.82, 2.24) is 0 Å². The molecule has 0 atom stereocenters. The van der Waals surface area contributed by atoms with Gasteiger partial charge in [0.15, 0.2) is 0 Å². The van der Waals surface area contributed by atoms with E-state index in [-0.39, 0.29) is 0 Å². The minimum Gasteiger partial charge on any atom is -0.204 e. The molecule has 0 amide bonds. The summed E-state index contributed by atoms with van der Waals surface area (Å²) in [6.07, 6.45) is 0. The first-order valence-electron chi connectivity index (χ1n) is 8.14. The number of pyridine rings is 1. The molecule has 1 aromatic heterocycles. The summed E-state index contributed by atoms with van der Waals surface area (Å²) in [5, 5.41) is 0. The topological polar surface area (TPSA) is 14.1 Å². The fraction of sp³-hybridized carbons (Fsp3) is 0. The molecule has 0 aliphatic heterocycles. The Kier molecular flexibility index (Phi) is 3.91. The number of hydrogen-bond donors (Lipinski definition) is 0.